The number of cyclic esters (lactones) is 1. The van der Waals surface area contributed by atoms with Crippen LogP contribution in [0.15, 0.2) is 59.2 Å². The van der Waals surface area contributed by atoms with E-state index in [9.17, 15) is 14.9 Å². The molecule has 0 bridgehead atoms. The number of ether oxygens (including phenoxy) is 1. The van der Waals surface area contributed by atoms with Crippen molar-refractivity contribution >= 4 is 23.6 Å². The van der Waals surface area contributed by atoms with Gasteiger partial charge in [0.2, 0.25) is 5.90 Å². The number of nitro benzene ring substituents is 1. The van der Waals surface area contributed by atoms with Crippen LogP contribution in [0, 0.1) is 17.0 Å². The quantitative estimate of drug-likeness (QED) is 0.377. The lowest BCUT2D eigenvalue weighted by Crippen LogP contribution is -2.05. The summed E-state index contributed by atoms with van der Waals surface area (Å²) in [6.07, 6.45) is 1.36. The van der Waals surface area contributed by atoms with Crippen molar-refractivity contribution in [2.45, 2.75) is 6.92 Å². The second-order valence-electron chi connectivity index (χ2n) is 5.02. The van der Waals surface area contributed by atoms with Crippen LogP contribution in [0.1, 0.15) is 16.7 Å². The Bertz CT molecular complexity index is 851. The van der Waals surface area contributed by atoms with Crippen molar-refractivity contribution in [3.8, 4) is 0 Å². The van der Waals surface area contributed by atoms with Crippen molar-refractivity contribution in [2.75, 3.05) is 0 Å². The van der Waals surface area contributed by atoms with E-state index in [2.05, 4.69) is 4.99 Å². The Morgan fingerprint density at radius 2 is 1.83 bits per heavy atom. The molecule has 6 nitrogen and oxygen atoms in total. The zero-order valence-corrected chi connectivity index (χ0v) is 12.2. The van der Waals surface area contributed by atoms with Gasteiger partial charge in [0.25, 0.3) is 5.69 Å². The third-order valence-electron chi connectivity index (χ3n) is 3.34. The second kappa shape index (κ2) is 5.84. The van der Waals surface area contributed by atoms with Gasteiger partial charge in [0.15, 0.2) is 5.70 Å². The highest BCUT2D eigenvalue weighted by atomic mass is 16.6. The van der Waals surface area contributed by atoms with Gasteiger partial charge in [-0.1, -0.05) is 29.8 Å². The third kappa shape index (κ3) is 3.01. The molecule has 3 rings (SSSR count). The molecule has 6 heteroatoms. The van der Waals surface area contributed by atoms with Gasteiger partial charge in [-0.15, -0.1) is 0 Å². The number of para-hydroxylation sites is 1. The van der Waals surface area contributed by atoms with Crippen LogP contribution in [0.2, 0.25) is 0 Å². The second-order valence-corrected chi connectivity index (χ2v) is 5.02. The zero-order valence-electron chi connectivity index (χ0n) is 12.2. The van der Waals surface area contributed by atoms with Gasteiger partial charge in [0.05, 0.1) is 10.5 Å². The molecular weight excluding hydrogens is 296 g/mol. The van der Waals surface area contributed by atoms with Gasteiger partial charge in [-0.2, -0.15) is 0 Å². The van der Waals surface area contributed by atoms with Gasteiger partial charge in [-0.05, 0) is 31.2 Å². The first-order chi connectivity index (χ1) is 11.0. The number of nitrogens with zero attached hydrogens (tertiary/aromatic N) is 2. The van der Waals surface area contributed by atoms with Gasteiger partial charge in [0.1, 0.15) is 0 Å². The van der Waals surface area contributed by atoms with Crippen LogP contribution in [-0.4, -0.2) is 16.8 Å². The maximum atomic E-state index is 11.9. The van der Waals surface area contributed by atoms with Crippen molar-refractivity contribution in [2.24, 2.45) is 4.99 Å². The van der Waals surface area contributed by atoms with E-state index in [-0.39, 0.29) is 17.3 Å². The van der Waals surface area contributed by atoms with E-state index < -0.39 is 10.9 Å². The van der Waals surface area contributed by atoms with E-state index in [0.717, 1.165) is 5.56 Å². The first kappa shape index (κ1) is 14.6. The van der Waals surface area contributed by atoms with Crippen LogP contribution in [0.5, 0.6) is 0 Å². The summed E-state index contributed by atoms with van der Waals surface area (Å²) in [6.45, 7) is 1.95. The zero-order chi connectivity index (χ0) is 16.4. The minimum absolute atomic E-state index is 0.0369. The van der Waals surface area contributed by atoms with Gasteiger partial charge in [-0.25, -0.2) is 9.79 Å². The summed E-state index contributed by atoms with van der Waals surface area (Å²) in [6, 6.07) is 13.5. The van der Waals surface area contributed by atoms with Gasteiger partial charge >= 0.3 is 5.97 Å². The maximum absolute atomic E-state index is 11.9. The number of aryl methyl sites for hydroxylation is 1. The van der Waals surface area contributed by atoms with Crippen LogP contribution in [0.4, 0.5) is 5.69 Å². The average Bonchev–Trinajstić information content (AvgIpc) is 2.89. The Morgan fingerprint density at radius 1 is 1.13 bits per heavy atom. The normalized spacial score (nSPS) is 15.4. The number of benzene rings is 2. The molecule has 1 aliphatic heterocycles. The summed E-state index contributed by atoms with van der Waals surface area (Å²) >= 11 is 0. The number of carbonyl (C=O) groups is 1. The lowest BCUT2D eigenvalue weighted by atomic mass is 10.1. The molecule has 0 amide bonds. The molecule has 23 heavy (non-hydrogen) atoms. The highest BCUT2D eigenvalue weighted by molar-refractivity contribution is 6.13. The first-order valence-corrected chi connectivity index (χ1v) is 6.87. The summed E-state index contributed by atoms with van der Waals surface area (Å²) < 4.78 is 5.15. The van der Waals surface area contributed by atoms with E-state index in [1.54, 1.807) is 30.3 Å². The number of carbonyl (C=O) groups excluding carboxylic acids is 1. The first-order valence-electron chi connectivity index (χ1n) is 6.87. The molecule has 0 aromatic heterocycles. The van der Waals surface area contributed by atoms with Crippen molar-refractivity contribution in [1.29, 1.82) is 0 Å². The summed E-state index contributed by atoms with van der Waals surface area (Å²) in [5, 5.41) is 11.0. The summed E-state index contributed by atoms with van der Waals surface area (Å²) in [4.78, 5) is 26.6. The Morgan fingerprint density at radius 3 is 2.52 bits per heavy atom. The molecule has 0 saturated heterocycles. The average molecular weight is 308 g/mol. The fourth-order valence-corrected chi connectivity index (χ4v) is 2.15. The van der Waals surface area contributed by atoms with Crippen LogP contribution < -0.4 is 0 Å². The Balaban J connectivity index is 1.99. The van der Waals surface area contributed by atoms with Gasteiger partial charge in [0, 0.05) is 11.6 Å². The summed E-state index contributed by atoms with van der Waals surface area (Å²) in [5.41, 5.74) is 2.00. The van der Waals surface area contributed by atoms with E-state index in [1.807, 2.05) is 19.1 Å². The lowest BCUT2D eigenvalue weighted by molar-refractivity contribution is -0.385. The molecule has 0 saturated carbocycles. The molecule has 0 atom stereocenters. The smallest absolute Gasteiger partial charge is 0.363 e. The fraction of sp³-hybridized carbons (Fsp3) is 0.0588. The molecule has 0 fully saturated rings. The predicted molar refractivity (Wildman–Crippen MR) is 84.9 cm³/mol. The van der Waals surface area contributed by atoms with E-state index in [1.165, 1.54) is 12.1 Å². The number of nitro groups is 1. The molecule has 2 aromatic rings. The lowest BCUT2D eigenvalue weighted by Gasteiger charge is -1.99. The number of aliphatic imine (C=N–C) groups is 1. The van der Waals surface area contributed by atoms with E-state index in [4.69, 9.17) is 4.74 Å². The van der Waals surface area contributed by atoms with Crippen LogP contribution in [-0.2, 0) is 9.53 Å². The minimum atomic E-state index is -0.626. The molecule has 0 unspecified atom stereocenters. The van der Waals surface area contributed by atoms with Gasteiger partial charge in [-0.3, -0.25) is 10.1 Å². The molecule has 0 spiro atoms. The number of rotatable bonds is 3. The highest BCUT2D eigenvalue weighted by Gasteiger charge is 2.25. The highest BCUT2D eigenvalue weighted by Crippen LogP contribution is 2.24. The molecule has 0 N–H and O–H groups in total. The molecule has 0 radical (unpaired) electrons. The molecule has 0 aliphatic carbocycles. The summed E-state index contributed by atoms with van der Waals surface area (Å²) in [5.74, 6) is -0.432. The maximum Gasteiger partial charge on any atom is 0.363 e. The number of esters is 1. The van der Waals surface area contributed by atoms with Crippen molar-refractivity contribution in [3.05, 3.63) is 81.0 Å². The SMILES string of the molecule is Cc1ccc(C2=NC(=Cc3ccccc3[N+](=O)[O-])C(=O)O2)cc1. The van der Waals surface area contributed by atoms with Crippen molar-refractivity contribution in [3.63, 3.8) is 0 Å². The van der Waals surface area contributed by atoms with Crippen LogP contribution in [0.3, 0.4) is 0 Å². The molecule has 114 valence electrons. The Labute approximate surface area is 131 Å². The molecular formula is C17H12N2O4. The Kier molecular flexibility index (Phi) is 3.72. The van der Waals surface area contributed by atoms with Crippen molar-refractivity contribution < 1.29 is 14.5 Å². The van der Waals surface area contributed by atoms with Crippen molar-refractivity contribution in [1.82, 2.24) is 0 Å². The monoisotopic (exact) mass is 308 g/mol. The minimum Gasteiger partial charge on any atom is -0.402 e. The molecule has 1 heterocycles. The van der Waals surface area contributed by atoms with E-state index in [0.29, 0.717) is 11.1 Å². The van der Waals surface area contributed by atoms with E-state index >= 15 is 0 Å². The van der Waals surface area contributed by atoms with Crippen LogP contribution in [0.25, 0.3) is 6.08 Å². The summed E-state index contributed by atoms with van der Waals surface area (Å²) in [7, 11) is 0. The topological polar surface area (TPSA) is 81.8 Å². The largest absolute Gasteiger partial charge is 0.402 e. The van der Waals surface area contributed by atoms with Crippen LogP contribution >= 0.6 is 0 Å². The van der Waals surface area contributed by atoms with Gasteiger partial charge < -0.3 is 4.74 Å². The predicted octanol–water partition coefficient (Wildman–Crippen LogP) is 3.25. The fourth-order valence-electron chi connectivity index (χ4n) is 2.15. The number of hydrogen-bond donors (Lipinski definition) is 0. The number of hydrogen-bond acceptors (Lipinski definition) is 5. The molecule has 2 aromatic carbocycles. The third-order valence-corrected chi connectivity index (χ3v) is 3.34. The molecule has 1 aliphatic rings. The standard InChI is InChI=1S/C17H12N2O4/c1-11-6-8-12(9-7-11)16-18-14(17(20)23-16)10-13-4-2-3-5-15(13)19(21)22/h2-10H,1H3. The Hall–Kier alpha value is -3.28.